The topological polar surface area (TPSA) is 64.5 Å². The van der Waals surface area contributed by atoms with Crippen LogP contribution in [0.3, 0.4) is 0 Å². The standard InChI is InChI=1S/C47H29N5S/c1-3-9-30(10-4-1)32-15-20-34(21-16-32)41-27-42(52-46(51-41)36-12-5-2-6-13-36)35-22-17-33(18-23-35)39-26-40-44-45(53-47(40)48-28-39)43(49-29-50-44)38-24-19-31-11-7-8-14-37(31)25-38/h1-29H. The van der Waals surface area contributed by atoms with Crippen molar-refractivity contribution in [2.24, 2.45) is 0 Å². The average Bonchev–Trinajstić information content (AvgIpc) is 3.62. The molecule has 4 aromatic heterocycles. The number of nitrogens with zero attached hydrogens (tertiary/aromatic N) is 5. The van der Waals surface area contributed by atoms with Crippen LogP contribution in [0.15, 0.2) is 176 Å². The van der Waals surface area contributed by atoms with E-state index in [-0.39, 0.29) is 0 Å². The van der Waals surface area contributed by atoms with Crippen LogP contribution in [0.5, 0.6) is 0 Å². The summed E-state index contributed by atoms with van der Waals surface area (Å²) in [6.45, 7) is 0. The van der Waals surface area contributed by atoms with E-state index in [0.717, 1.165) is 70.9 Å². The zero-order valence-corrected chi connectivity index (χ0v) is 29.2. The molecule has 4 heterocycles. The summed E-state index contributed by atoms with van der Waals surface area (Å²) in [6.07, 6.45) is 3.61. The van der Waals surface area contributed by atoms with Crippen LogP contribution < -0.4 is 0 Å². The molecular formula is C47H29N5S. The maximum Gasteiger partial charge on any atom is 0.160 e. The predicted molar refractivity (Wildman–Crippen MR) is 218 cm³/mol. The second-order valence-corrected chi connectivity index (χ2v) is 14.0. The summed E-state index contributed by atoms with van der Waals surface area (Å²) < 4.78 is 1.04. The fraction of sp³-hybridized carbons (Fsp3) is 0. The first kappa shape index (κ1) is 30.9. The van der Waals surface area contributed by atoms with Crippen molar-refractivity contribution in [3.05, 3.63) is 176 Å². The lowest BCUT2D eigenvalue weighted by Crippen LogP contribution is -1.96. The number of hydrogen-bond acceptors (Lipinski definition) is 6. The molecule has 0 radical (unpaired) electrons. The largest absolute Gasteiger partial charge is 0.245 e. The number of thiophene rings is 1. The Morgan fingerprint density at radius 1 is 0.396 bits per heavy atom. The first-order valence-corrected chi connectivity index (χ1v) is 18.3. The summed E-state index contributed by atoms with van der Waals surface area (Å²) in [5, 5.41) is 3.43. The van der Waals surface area contributed by atoms with E-state index in [9.17, 15) is 0 Å². The maximum atomic E-state index is 5.05. The van der Waals surface area contributed by atoms with Gasteiger partial charge in [0.1, 0.15) is 11.2 Å². The van der Waals surface area contributed by atoms with E-state index < -0.39 is 0 Å². The summed E-state index contributed by atoms with van der Waals surface area (Å²) >= 11 is 1.64. The Kier molecular flexibility index (Phi) is 7.59. The van der Waals surface area contributed by atoms with Crippen LogP contribution in [-0.2, 0) is 0 Å². The van der Waals surface area contributed by atoms with Crippen molar-refractivity contribution in [3.8, 4) is 67.4 Å². The third kappa shape index (κ3) is 5.81. The monoisotopic (exact) mass is 695 g/mol. The van der Waals surface area contributed by atoms with Crippen LogP contribution in [0.4, 0.5) is 0 Å². The molecule has 0 spiro atoms. The summed E-state index contributed by atoms with van der Waals surface area (Å²) in [5.74, 6) is 0.693. The fourth-order valence-electron chi connectivity index (χ4n) is 6.92. The van der Waals surface area contributed by atoms with Gasteiger partial charge in [0.05, 0.1) is 27.3 Å². The molecule has 6 aromatic carbocycles. The van der Waals surface area contributed by atoms with Crippen LogP contribution in [0, 0.1) is 0 Å². The third-order valence-corrected chi connectivity index (χ3v) is 10.8. The van der Waals surface area contributed by atoms with Gasteiger partial charge in [-0.2, -0.15) is 0 Å². The van der Waals surface area contributed by atoms with E-state index in [4.69, 9.17) is 24.9 Å². The zero-order chi connectivity index (χ0) is 35.1. The smallest absolute Gasteiger partial charge is 0.160 e. The number of aromatic nitrogens is 5. The number of fused-ring (bicyclic) bond motifs is 4. The molecule has 0 aliphatic rings. The molecule has 0 amide bonds. The number of hydrogen-bond donors (Lipinski definition) is 0. The highest BCUT2D eigenvalue weighted by Crippen LogP contribution is 2.39. The molecule has 53 heavy (non-hydrogen) atoms. The van der Waals surface area contributed by atoms with Crippen molar-refractivity contribution in [2.45, 2.75) is 0 Å². The van der Waals surface area contributed by atoms with Gasteiger partial charge in [-0.05, 0) is 45.7 Å². The second-order valence-electron chi connectivity index (χ2n) is 13.0. The zero-order valence-electron chi connectivity index (χ0n) is 28.4. The van der Waals surface area contributed by atoms with Crippen molar-refractivity contribution in [2.75, 3.05) is 0 Å². The molecule has 0 unspecified atom stereocenters. The Hall–Kier alpha value is -6.89. The minimum absolute atomic E-state index is 0.693. The predicted octanol–water partition coefficient (Wildman–Crippen LogP) is 12.2. The third-order valence-electron chi connectivity index (χ3n) is 9.69. The molecule has 0 bridgehead atoms. The molecule has 0 saturated carbocycles. The van der Waals surface area contributed by atoms with Crippen molar-refractivity contribution < 1.29 is 0 Å². The molecule has 0 N–H and O–H groups in total. The van der Waals surface area contributed by atoms with Crippen molar-refractivity contribution in [1.82, 2.24) is 24.9 Å². The van der Waals surface area contributed by atoms with Gasteiger partial charge in [-0.15, -0.1) is 11.3 Å². The molecule has 0 fully saturated rings. The average molecular weight is 696 g/mol. The Morgan fingerprint density at radius 2 is 0.962 bits per heavy atom. The van der Waals surface area contributed by atoms with E-state index in [0.29, 0.717) is 5.82 Å². The molecule has 0 atom stereocenters. The summed E-state index contributed by atoms with van der Waals surface area (Å²) in [4.78, 5) is 25.4. The summed E-state index contributed by atoms with van der Waals surface area (Å²) in [6, 6.07) is 56.9. The first-order valence-electron chi connectivity index (χ1n) is 17.5. The SMILES string of the molecule is c1ccc(-c2ccc(-c3cc(-c4ccc(-c5cnc6sc7c(-c8ccc9ccccc9c8)ncnc7c6c5)cc4)nc(-c4ccccc4)n3)cc2)cc1. The fourth-order valence-corrected chi connectivity index (χ4v) is 8.01. The molecule has 10 aromatic rings. The van der Waals surface area contributed by atoms with Gasteiger partial charge >= 0.3 is 0 Å². The molecule has 0 saturated heterocycles. The quantitative estimate of drug-likeness (QED) is 0.173. The Balaban J connectivity index is 1.00. The van der Waals surface area contributed by atoms with Gasteiger partial charge in [0.2, 0.25) is 0 Å². The molecule has 6 heteroatoms. The lowest BCUT2D eigenvalue weighted by Gasteiger charge is -2.11. The summed E-state index contributed by atoms with van der Waals surface area (Å²) in [5.41, 5.74) is 12.2. The Labute approximate surface area is 310 Å². The second kappa shape index (κ2) is 13.0. The number of benzene rings is 6. The van der Waals surface area contributed by atoms with Crippen LogP contribution in [0.2, 0.25) is 0 Å². The molecular weight excluding hydrogens is 667 g/mol. The highest BCUT2D eigenvalue weighted by molar-refractivity contribution is 7.25. The molecule has 0 aliphatic carbocycles. The lowest BCUT2D eigenvalue weighted by molar-refractivity contribution is 1.18. The van der Waals surface area contributed by atoms with Gasteiger partial charge in [0.15, 0.2) is 5.82 Å². The Bertz CT molecular complexity index is 2920. The van der Waals surface area contributed by atoms with Gasteiger partial charge in [-0.25, -0.2) is 24.9 Å². The van der Waals surface area contributed by atoms with Crippen LogP contribution in [0.1, 0.15) is 0 Å². The number of rotatable bonds is 6. The van der Waals surface area contributed by atoms with Gasteiger partial charge in [0.25, 0.3) is 0 Å². The number of pyridine rings is 1. The van der Waals surface area contributed by atoms with E-state index >= 15 is 0 Å². The molecule has 10 rings (SSSR count). The first-order chi connectivity index (χ1) is 26.2. The highest BCUT2D eigenvalue weighted by atomic mass is 32.1. The van der Waals surface area contributed by atoms with Gasteiger partial charge in [0, 0.05) is 39.4 Å². The van der Waals surface area contributed by atoms with Crippen molar-refractivity contribution >= 4 is 42.5 Å². The summed E-state index contributed by atoms with van der Waals surface area (Å²) in [7, 11) is 0. The van der Waals surface area contributed by atoms with Crippen molar-refractivity contribution in [1.29, 1.82) is 0 Å². The minimum Gasteiger partial charge on any atom is -0.245 e. The van der Waals surface area contributed by atoms with E-state index in [1.54, 1.807) is 17.7 Å². The van der Waals surface area contributed by atoms with Crippen LogP contribution in [0.25, 0.3) is 98.6 Å². The maximum absolute atomic E-state index is 5.05. The van der Waals surface area contributed by atoms with E-state index in [1.807, 2.05) is 30.5 Å². The van der Waals surface area contributed by atoms with E-state index in [1.165, 1.54) is 21.9 Å². The lowest BCUT2D eigenvalue weighted by atomic mass is 10.0. The van der Waals surface area contributed by atoms with Crippen molar-refractivity contribution in [3.63, 3.8) is 0 Å². The van der Waals surface area contributed by atoms with Gasteiger partial charge in [-0.1, -0.05) is 146 Å². The highest BCUT2D eigenvalue weighted by Gasteiger charge is 2.16. The molecule has 248 valence electrons. The van der Waals surface area contributed by atoms with Crippen LogP contribution in [-0.4, -0.2) is 24.9 Å². The molecule has 0 aliphatic heterocycles. The molecule has 5 nitrogen and oxygen atoms in total. The minimum atomic E-state index is 0.693. The van der Waals surface area contributed by atoms with E-state index in [2.05, 4.69) is 140 Å². The van der Waals surface area contributed by atoms with Crippen LogP contribution >= 0.6 is 11.3 Å². The normalized spacial score (nSPS) is 11.4. The Morgan fingerprint density at radius 3 is 1.66 bits per heavy atom. The van der Waals surface area contributed by atoms with Gasteiger partial charge in [-0.3, -0.25) is 0 Å². The van der Waals surface area contributed by atoms with Gasteiger partial charge < -0.3 is 0 Å².